The lowest BCUT2D eigenvalue weighted by atomic mass is 10.1. The Bertz CT molecular complexity index is 527. The van der Waals surface area contributed by atoms with Crippen LogP contribution >= 0.6 is 43.2 Å². The standard InChI is InChI=1S/C12H9Br2FOS/c1-16-9-6-7(2-3-8(9)15)12(14)10-4-5-11(13)17-10/h2-6,12H,1H3. The molecule has 1 aromatic heterocycles. The van der Waals surface area contributed by atoms with Crippen LogP contribution in [0.1, 0.15) is 15.3 Å². The first-order chi connectivity index (χ1) is 8.11. The summed E-state index contributed by atoms with van der Waals surface area (Å²) in [4.78, 5) is 1.21. The van der Waals surface area contributed by atoms with Crippen LogP contribution in [-0.4, -0.2) is 7.11 Å². The first-order valence-corrected chi connectivity index (χ1v) is 7.37. The van der Waals surface area contributed by atoms with E-state index < -0.39 is 0 Å². The van der Waals surface area contributed by atoms with E-state index in [9.17, 15) is 4.39 Å². The third-order valence-corrected chi connectivity index (χ3v) is 5.33. The maximum atomic E-state index is 13.3. The molecule has 1 aromatic carbocycles. The summed E-state index contributed by atoms with van der Waals surface area (Å²) in [6.45, 7) is 0. The Morgan fingerprint density at radius 1 is 1.29 bits per heavy atom. The lowest BCUT2D eigenvalue weighted by Gasteiger charge is -2.10. The molecule has 0 saturated carbocycles. The number of rotatable bonds is 3. The van der Waals surface area contributed by atoms with Gasteiger partial charge in [-0.25, -0.2) is 4.39 Å². The van der Waals surface area contributed by atoms with Gasteiger partial charge in [0.15, 0.2) is 11.6 Å². The smallest absolute Gasteiger partial charge is 0.165 e. The van der Waals surface area contributed by atoms with Gasteiger partial charge in [-0.2, -0.15) is 0 Å². The summed E-state index contributed by atoms with van der Waals surface area (Å²) in [6.07, 6.45) is 0. The van der Waals surface area contributed by atoms with Crippen molar-refractivity contribution in [2.75, 3.05) is 7.11 Å². The van der Waals surface area contributed by atoms with Crippen molar-refractivity contribution < 1.29 is 9.13 Å². The normalized spacial score (nSPS) is 12.5. The number of hydrogen-bond acceptors (Lipinski definition) is 2. The van der Waals surface area contributed by atoms with Crippen LogP contribution in [0.3, 0.4) is 0 Å². The Balaban J connectivity index is 2.34. The number of halogens is 3. The van der Waals surface area contributed by atoms with Gasteiger partial charge in [-0.15, -0.1) is 11.3 Å². The van der Waals surface area contributed by atoms with Gasteiger partial charge in [-0.3, -0.25) is 0 Å². The Labute approximate surface area is 120 Å². The van der Waals surface area contributed by atoms with Gasteiger partial charge in [0.05, 0.1) is 15.7 Å². The van der Waals surface area contributed by atoms with Crippen molar-refractivity contribution in [1.29, 1.82) is 0 Å². The largest absolute Gasteiger partial charge is 0.494 e. The molecular weight excluding hydrogens is 371 g/mol. The molecule has 5 heteroatoms. The zero-order valence-electron chi connectivity index (χ0n) is 8.91. The molecular formula is C12H9Br2FOS. The van der Waals surface area contributed by atoms with Crippen LogP contribution in [0.25, 0.3) is 0 Å². The number of alkyl halides is 1. The van der Waals surface area contributed by atoms with Gasteiger partial charge in [-0.1, -0.05) is 22.0 Å². The minimum atomic E-state index is -0.344. The average Bonchev–Trinajstić information content (AvgIpc) is 2.75. The fourth-order valence-corrected chi connectivity index (χ4v) is 3.61. The summed E-state index contributed by atoms with van der Waals surface area (Å²) in [5, 5.41) is 0. The summed E-state index contributed by atoms with van der Waals surface area (Å²) in [6, 6.07) is 8.91. The predicted molar refractivity (Wildman–Crippen MR) is 75.7 cm³/mol. The number of ether oxygens (including phenoxy) is 1. The number of methoxy groups -OCH3 is 1. The molecule has 1 atom stereocenters. The van der Waals surface area contributed by atoms with E-state index in [1.54, 1.807) is 23.5 Å². The van der Waals surface area contributed by atoms with Crippen LogP contribution < -0.4 is 4.74 Å². The van der Waals surface area contributed by atoms with E-state index in [1.807, 2.05) is 12.1 Å². The highest BCUT2D eigenvalue weighted by molar-refractivity contribution is 9.11. The van der Waals surface area contributed by atoms with Crippen LogP contribution in [-0.2, 0) is 0 Å². The summed E-state index contributed by atoms with van der Waals surface area (Å²) >= 11 is 8.68. The molecule has 0 spiro atoms. The topological polar surface area (TPSA) is 9.23 Å². The molecule has 0 amide bonds. The third-order valence-electron chi connectivity index (χ3n) is 2.31. The van der Waals surface area contributed by atoms with Gasteiger partial charge in [-0.05, 0) is 45.8 Å². The number of hydrogen-bond donors (Lipinski definition) is 0. The third kappa shape index (κ3) is 2.89. The molecule has 0 fully saturated rings. The second kappa shape index (κ2) is 5.50. The SMILES string of the molecule is COc1cc(C(Br)c2ccc(Br)s2)ccc1F. The molecule has 17 heavy (non-hydrogen) atoms. The van der Waals surface area contributed by atoms with Crippen molar-refractivity contribution >= 4 is 43.2 Å². The quantitative estimate of drug-likeness (QED) is 0.670. The van der Waals surface area contributed by atoms with Crippen molar-refractivity contribution in [3.63, 3.8) is 0 Å². The minimum absolute atomic E-state index is 0.0494. The number of thiophene rings is 1. The van der Waals surface area contributed by atoms with Crippen molar-refractivity contribution in [1.82, 2.24) is 0 Å². The van der Waals surface area contributed by atoms with E-state index in [0.29, 0.717) is 0 Å². The van der Waals surface area contributed by atoms with E-state index in [1.165, 1.54) is 13.2 Å². The van der Waals surface area contributed by atoms with Crippen LogP contribution in [0.2, 0.25) is 0 Å². The molecule has 1 nitrogen and oxygen atoms in total. The van der Waals surface area contributed by atoms with Gasteiger partial charge in [0.1, 0.15) is 0 Å². The average molecular weight is 380 g/mol. The summed E-state index contributed by atoms with van der Waals surface area (Å²) < 4.78 is 19.3. The van der Waals surface area contributed by atoms with Crippen molar-refractivity contribution in [2.45, 2.75) is 4.83 Å². The van der Waals surface area contributed by atoms with Gasteiger partial charge in [0.25, 0.3) is 0 Å². The first-order valence-electron chi connectivity index (χ1n) is 4.84. The van der Waals surface area contributed by atoms with E-state index in [4.69, 9.17) is 4.74 Å². The fraction of sp³-hybridized carbons (Fsp3) is 0.167. The molecule has 0 N–H and O–H groups in total. The Hall–Kier alpha value is -0.390. The Morgan fingerprint density at radius 2 is 2.06 bits per heavy atom. The second-order valence-corrected chi connectivity index (χ2v) is 6.81. The van der Waals surface area contributed by atoms with Gasteiger partial charge in [0.2, 0.25) is 0 Å². The van der Waals surface area contributed by atoms with Gasteiger partial charge < -0.3 is 4.74 Å². The minimum Gasteiger partial charge on any atom is -0.494 e. The summed E-state index contributed by atoms with van der Waals surface area (Å²) in [7, 11) is 1.47. The second-order valence-electron chi connectivity index (χ2n) is 3.40. The molecule has 0 radical (unpaired) electrons. The Kier molecular flexibility index (Phi) is 4.22. The van der Waals surface area contributed by atoms with E-state index in [2.05, 4.69) is 31.9 Å². The van der Waals surface area contributed by atoms with Crippen LogP contribution in [0.5, 0.6) is 5.75 Å². The van der Waals surface area contributed by atoms with Crippen LogP contribution in [0.15, 0.2) is 34.1 Å². The molecule has 1 unspecified atom stereocenters. The Morgan fingerprint density at radius 3 is 2.65 bits per heavy atom. The molecule has 0 aliphatic rings. The van der Waals surface area contributed by atoms with E-state index in [0.717, 1.165) is 14.2 Å². The van der Waals surface area contributed by atoms with E-state index in [-0.39, 0.29) is 16.4 Å². The maximum absolute atomic E-state index is 13.3. The zero-order chi connectivity index (χ0) is 12.4. The highest BCUT2D eigenvalue weighted by Crippen LogP contribution is 2.38. The lowest BCUT2D eigenvalue weighted by Crippen LogP contribution is -1.93. The van der Waals surface area contributed by atoms with Crippen LogP contribution in [0.4, 0.5) is 4.39 Å². The monoisotopic (exact) mass is 378 g/mol. The molecule has 90 valence electrons. The summed E-state index contributed by atoms with van der Waals surface area (Å²) in [5.74, 6) is -0.0779. The van der Waals surface area contributed by atoms with Gasteiger partial charge >= 0.3 is 0 Å². The molecule has 2 rings (SSSR count). The molecule has 0 bridgehead atoms. The fourth-order valence-electron chi connectivity index (χ4n) is 1.46. The molecule has 0 aliphatic heterocycles. The zero-order valence-corrected chi connectivity index (χ0v) is 12.9. The molecule has 0 aliphatic carbocycles. The highest BCUT2D eigenvalue weighted by atomic mass is 79.9. The van der Waals surface area contributed by atoms with Gasteiger partial charge in [0, 0.05) is 4.88 Å². The van der Waals surface area contributed by atoms with Crippen molar-refractivity contribution in [3.05, 3.63) is 50.4 Å². The van der Waals surface area contributed by atoms with Crippen LogP contribution in [0, 0.1) is 5.82 Å². The highest BCUT2D eigenvalue weighted by Gasteiger charge is 2.14. The predicted octanol–water partition coefficient (Wildman–Crippen LogP) is 5.14. The molecule has 1 heterocycles. The molecule has 2 aromatic rings. The maximum Gasteiger partial charge on any atom is 0.165 e. The molecule has 0 saturated heterocycles. The van der Waals surface area contributed by atoms with E-state index >= 15 is 0 Å². The summed E-state index contributed by atoms with van der Waals surface area (Å²) in [5.41, 5.74) is 0.970. The van der Waals surface area contributed by atoms with Crippen molar-refractivity contribution in [3.8, 4) is 5.75 Å². The van der Waals surface area contributed by atoms with Crippen molar-refractivity contribution in [2.24, 2.45) is 0 Å². The lowest BCUT2D eigenvalue weighted by molar-refractivity contribution is 0.386. The first kappa shape index (κ1) is 13.1. The number of benzene rings is 1.